The van der Waals surface area contributed by atoms with E-state index < -0.39 is 17.2 Å². The van der Waals surface area contributed by atoms with Gasteiger partial charge in [-0.05, 0) is 36.2 Å². The van der Waals surface area contributed by atoms with Gasteiger partial charge in [0.25, 0.3) is 0 Å². The Morgan fingerprint density at radius 1 is 1.07 bits per heavy atom. The van der Waals surface area contributed by atoms with Gasteiger partial charge in [-0.15, -0.1) is 0 Å². The van der Waals surface area contributed by atoms with Crippen LogP contribution in [0.1, 0.15) is 11.1 Å². The molecule has 152 valence electrons. The normalized spacial score (nSPS) is 10.7. The van der Waals surface area contributed by atoms with Crippen LogP contribution in [0.5, 0.6) is 11.5 Å². The number of ether oxygens (including phenoxy) is 2. The number of benzene rings is 2. The van der Waals surface area contributed by atoms with Crippen molar-refractivity contribution in [3.63, 3.8) is 0 Å². The first-order valence-corrected chi connectivity index (χ1v) is 8.90. The Kier molecular flexibility index (Phi) is 6.03. The van der Waals surface area contributed by atoms with Gasteiger partial charge in [-0.25, -0.2) is 8.78 Å². The Labute approximate surface area is 170 Å². The van der Waals surface area contributed by atoms with Crippen molar-refractivity contribution in [2.24, 2.45) is 0 Å². The molecule has 0 aliphatic carbocycles. The van der Waals surface area contributed by atoms with Gasteiger partial charge >= 0.3 is 5.56 Å². The van der Waals surface area contributed by atoms with E-state index in [1.54, 1.807) is 12.1 Å². The summed E-state index contributed by atoms with van der Waals surface area (Å²) < 4.78 is 39.0. The van der Waals surface area contributed by atoms with Crippen molar-refractivity contribution in [3.8, 4) is 11.5 Å². The highest BCUT2D eigenvalue weighted by Gasteiger charge is 2.13. The highest BCUT2D eigenvalue weighted by Crippen LogP contribution is 2.32. The number of methoxy groups -OCH3 is 2. The number of hydrogen-bond donors (Lipinski definition) is 1. The second-order valence-corrected chi connectivity index (χ2v) is 6.68. The van der Waals surface area contributed by atoms with Gasteiger partial charge in [0.2, 0.25) is 11.7 Å². The van der Waals surface area contributed by atoms with Gasteiger partial charge in [0, 0.05) is 17.8 Å². The molecule has 0 radical (unpaired) electrons. The molecule has 0 saturated heterocycles. The first-order chi connectivity index (χ1) is 13.8. The standard InChI is InChI=1S/C20H18ClF2N3O3/c1-11-4-15(21)17(28-2)8-16(11)24-20-25-19(27)18(29-3)10-26(20)9-12-5-13(22)7-14(23)6-12/h4-8,10H,9H2,1-3H3,(H,24,25,27). The summed E-state index contributed by atoms with van der Waals surface area (Å²) in [5.41, 5.74) is 1.14. The summed E-state index contributed by atoms with van der Waals surface area (Å²) in [6.07, 6.45) is 1.42. The molecule has 2 aromatic carbocycles. The molecule has 1 aromatic heterocycles. The van der Waals surface area contributed by atoms with E-state index >= 15 is 0 Å². The van der Waals surface area contributed by atoms with Crippen LogP contribution in [0.2, 0.25) is 5.02 Å². The number of rotatable bonds is 6. The minimum absolute atomic E-state index is 0.00201. The van der Waals surface area contributed by atoms with E-state index in [-0.39, 0.29) is 18.2 Å². The van der Waals surface area contributed by atoms with Crippen LogP contribution >= 0.6 is 11.6 Å². The van der Waals surface area contributed by atoms with E-state index in [1.165, 1.54) is 37.1 Å². The lowest BCUT2D eigenvalue weighted by Crippen LogP contribution is -2.19. The smallest absolute Gasteiger partial charge is 0.316 e. The molecule has 0 bridgehead atoms. The summed E-state index contributed by atoms with van der Waals surface area (Å²) in [7, 11) is 2.83. The molecule has 0 atom stereocenters. The molecular weight excluding hydrogens is 404 g/mol. The van der Waals surface area contributed by atoms with E-state index in [1.807, 2.05) is 6.92 Å². The highest BCUT2D eigenvalue weighted by molar-refractivity contribution is 6.32. The monoisotopic (exact) mass is 421 g/mol. The molecule has 0 aliphatic heterocycles. The van der Waals surface area contributed by atoms with Crippen LogP contribution in [0.15, 0.2) is 41.3 Å². The minimum Gasteiger partial charge on any atom is -0.495 e. The van der Waals surface area contributed by atoms with Crippen LogP contribution in [-0.4, -0.2) is 23.8 Å². The molecule has 9 heteroatoms. The number of anilines is 2. The summed E-state index contributed by atoms with van der Waals surface area (Å²) in [5, 5.41) is 3.49. The topological polar surface area (TPSA) is 65.4 Å². The number of aromatic nitrogens is 2. The molecule has 3 aromatic rings. The van der Waals surface area contributed by atoms with Crippen LogP contribution in [0.4, 0.5) is 20.4 Å². The molecule has 0 spiro atoms. The van der Waals surface area contributed by atoms with Crippen molar-refractivity contribution in [2.75, 3.05) is 19.5 Å². The van der Waals surface area contributed by atoms with Crippen LogP contribution in [-0.2, 0) is 6.54 Å². The van der Waals surface area contributed by atoms with Gasteiger partial charge in [0.1, 0.15) is 17.4 Å². The molecule has 0 amide bonds. The predicted octanol–water partition coefficient (Wildman–Crippen LogP) is 4.29. The fourth-order valence-corrected chi connectivity index (χ4v) is 3.09. The third-order valence-electron chi connectivity index (χ3n) is 4.20. The van der Waals surface area contributed by atoms with Crippen molar-refractivity contribution in [1.82, 2.24) is 9.55 Å². The second kappa shape index (κ2) is 8.48. The van der Waals surface area contributed by atoms with Gasteiger partial charge < -0.3 is 19.4 Å². The summed E-state index contributed by atoms with van der Waals surface area (Å²) in [6, 6.07) is 6.56. The zero-order valence-electron chi connectivity index (χ0n) is 15.9. The molecule has 1 N–H and O–H groups in total. The summed E-state index contributed by atoms with van der Waals surface area (Å²) in [4.78, 5) is 16.2. The Bertz CT molecular complexity index is 1100. The molecule has 29 heavy (non-hydrogen) atoms. The lowest BCUT2D eigenvalue weighted by Gasteiger charge is -2.17. The number of nitrogens with one attached hydrogen (secondary N) is 1. The van der Waals surface area contributed by atoms with E-state index in [2.05, 4.69) is 10.3 Å². The number of hydrogen-bond acceptors (Lipinski definition) is 5. The Morgan fingerprint density at radius 2 is 1.72 bits per heavy atom. The third-order valence-corrected chi connectivity index (χ3v) is 4.50. The maximum atomic E-state index is 13.6. The highest BCUT2D eigenvalue weighted by atomic mass is 35.5. The third kappa shape index (κ3) is 4.65. The average Bonchev–Trinajstić information content (AvgIpc) is 2.65. The van der Waals surface area contributed by atoms with Gasteiger partial charge in [0.05, 0.1) is 32.0 Å². The Morgan fingerprint density at radius 3 is 2.34 bits per heavy atom. The maximum absolute atomic E-state index is 13.6. The van der Waals surface area contributed by atoms with Crippen LogP contribution in [0.3, 0.4) is 0 Å². The lowest BCUT2D eigenvalue weighted by atomic mass is 10.2. The average molecular weight is 422 g/mol. The second-order valence-electron chi connectivity index (χ2n) is 6.27. The zero-order chi connectivity index (χ0) is 21.1. The van der Waals surface area contributed by atoms with E-state index in [0.29, 0.717) is 22.0 Å². The molecule has 0 fully saturated rings. The quantitative estimate of drug-likeness (QED) is 0.643. The van der Waals surface area contributed by atoms with Gasteiger partial charge in [0.15, 0.2) is 0 Å². The molecule has 0 saturated carbocycles. The molecule has 6 nitrogen and oxygen atoms in total. The van der Waals surface area contributed by atoms with E-state index in [4.69, 9.17) is 21.1 Å². The molecule has 3 rings (SSSR count). The molecule has 0 aliphatic rings. The summed E-state index contributed by atoms with van der Waals surface area (Å²) >= 11 is 6.13. The summed E-state index contributed by atoms with van der Waals surface area (Å²) in [6.45, 7) is 1.87. The minimum atomic E-state index is -0.700. The van der Waals surface area contributed by atoms with Gasteiger partial charge in [-0.2, -0.15) is 4.98 Å². The molecule has 0 unspecified atom stereocenters. The van der Waals surface area contributed by atoms with Crippen LogP contribution < -0.4 is 20.3 Å². The first kappa shape index (κ1) is 20.6. The number of aryl methyl sites for hydroxylation is 1. The van der Waals surface area contributed by atoms with E-state index in [0.717, 1.165) is 11.6 Å². The Balaban J connectivity index is 2.06. The zero-order valence-corrected chi connectivity index (χ0v) is 16.7. The van der Waals surface area contributed by atoms with Crippen LogP contribution in [0.25, 0.3) is 0 Å². The summed E-state index contributed by atoms with van der Waals surface area (Å²) in [5.74, 6) is -0.803. The van der Waals surface area contributed by atoms with Crippen LogP contribution in [0, 0.1) is 18.6 Å². The van der Waals surface area contributed by atoms with Crippen molar-refractivity contribution in [3.05, 3.63) is 74.7 Å². The molecule has 1 heterocycles. The predicted molar refractivity (Wildman–Crippen MR) is 107 cm³/mol. The lowest BCUT2D eigenvalue weighted by molar-refractivity contribution is 0.402. The van der Waals surface area contributed by atoms with Crippen molar-refractivity contribution in [2.45, 2.75) is 13.5 Å². The fourth-order valence-electron chi connectivity index (χ4n) is 2.80. The number of halogens is 3. The van der Waals surface area contributed by atoms with Crippen molar-refractivity contribution >= 4 is 23.2 Å². The molecular formula is C20H18ClF2N3O3. The maximum Gasteiger partial charge on any atom is 0.316 e. The van der Waals surface area contributed by atoms with Gasteiger partial charge in [-0.3, -0.25) is 4.79 Å². The Hall–Kier alpha value is -3.13. The largest absolute Gasteiger partial charge is 0.495 e. The van der Waals surface area contributed by atoms with Crippen molar-refractivity contribution < 1.29 is 18.3 Å². The first-order valence-electron chi connectivity index (χ1n) is 8.52. The fraction of sp³-hybridized carbons (Fsp3) is 0.200. The van der Waals surface area contributed by atoms with Gasteiger partial charge in [-0.1, -0.05) is 11.6 Å². The SMILES string of the molecule is COc1cc(Nc2nc(=O)c(OC)cn2Cc2cc(F)cc(F)c2)c(C)cc1Cl. The van der Waals surface area contributed by atoms with E-state index in [9.17, 15) is 13.6 Å². The number of nitrogens with zero attached hydrogens (tertiary/aromatic N) is 2. The van der Waals surface area contributed by atoms with Crippen molar-refractivity contribution in [1.29, 1.82) is 0 Å².